The van der Waals surface area contributed by atoms with Gasteiger partial charge in [0.2, 0.25) is 0 Å². The molecule has 1 amide bonds. The molecular weight excluding hydrogens is 314 g/mol. The maximum atomic E-state index is 12.6. The van der Waals surface area contributed by atoms with E-state index in [1.165, 1.54) is 0 Å². The third-order valence-corrected chi connectivity index (χ3v) is 4.14. The highest BCUT2D eigenvalue weighted by Crippen LogP contribution is 2.23. The van der Waals surface area contributed by atoms with Crippen molar-refractivity contribution in [3.05, 3.63) is 46.7 Å². The molecule has 23 heavy (non-hydrogen) atoms. The van der Waals surface area contributed by atoms with Crippen molar-refractivity contribution in [2.24, 2.45) is 5.92 Å². The normalized spacial score (nSPS) is 12.4. The molecule has 0 radical (unpaired) electrons. The van der Waals surface area contributed by atoms with E-state index in [2.05, 4.69) is 10.4 Å². The second-order valence-corrected chi connectivity index (χ2v) is 6.19. The Labute approximate surface area is 141 Å². The van der Waals surface area contributed by atoms with Crippen LogP contribution in [0.3, 0.4) is 0 Å². The second-order valence-electron chi connectivity index (χ2n) is 5.83. The van der Waals surface area contributed by atoms with Crippen LogP contribution in [0, 0.1) is 12.8 Å². The topological polar surface area (TPSA) is 67.2 Å². The zero-order valence-corrected chi connectivity index (χ0v) is 14.3. The molecule has 2 rings (SSSR count). The molecular formula is C17H22ClN3O2. The number of rotatable bonds is 6. The molecule has 0 spiro atoms. The van der Waals surface area contributed by atoms with Crippen LogP contribution in [0.25, 0.3) is 5.69 Å². The van der Waals surface area contributed by atoms with Crippen LogP contribution in [0.5, 0.6) is 0 Å². The van der Waals surface area contributed by atoms with Crippen LogP contribution in [-0.2, 0) is 0 Å². The fraction of sp³-hybridized carbons (Fsp3) is 0.412. The van der Waals surface area contributed by atoms with Gasteiger partial charge < -0.3 is 10.4 Å². The van der Waals surface area contributed by atoms with E-state index >= 15 is 0 Å². The summed E-state index contributed by atoms with van der Waals surface area (Å²) in [6.07, 6.45) is 0.507. The van der Waals surface area contributed by atoms with E-state index in [1.54, 1.807) is 11.6 Å². The minimum Gasteiger partial charge on any atom is -0.396 e. The van der Waals surface area contributed by atoms with Crippen LogP contribution in [0.1, 0.15) is 36.3 Å². The van der Waals surface area contributed by atoms with E-state index in [9.17, 15) is 4.79 Å². The molecule has 0 fully saturated rings. The molecule has 0 saturated heterocycles. The highest BCUT2D eigenvalue weighted by atomic mass is 35.5. The van der Waals surface area contributed by atoms with Gasteiger partial charge in [-0.25, -0.2) is 4.68 Å². The van der Waals surface area contributed by atoms with Gasteiger partial charge in [-0.3, -0.25) is 4.79 Å². The molecule has 2 aromatic rings. The Hall–Kier alpha value is -1.85. The lowest BCUT2D eigenvalue weighted by molar-refractivity contribution is 0.0916. The first kappa shape index (κ1) is 17.5. The molecule has 1 aromatic carbocycles. The molecule has 0 aliphatic carbocycles. The smallest absolute Gasteiger partial charge is 0.256 e. The van der Waals surface area contributed by atoms with Crippen LogP contribution in [-0.4, -0.2) is 33.4 Å². The lowest BCUT2D eigenvalue weighted by Gasteiger charge is -2.21. The van der Waals surface area contributed by atoms with Crippen molar-refractivity contribution in [3.8, 4) is 5.69 Å². The average Bonchev–Trinajstić information content (AvgIpc) is 2.82. The molecule has 2 N–H and O–H groups in total. The Morgan fingerprint density at radius 3 is 2.57 bits per heavy atom. The standard InChI is InChI=1S/C17H22ClN3O2/c1-11(2)14(9-10-22)19-17(23)15-12(3)20-21(16(15)18)13-7-5-4-6-8-13/h4-8,11,14,22H,9-10H2,1-3H3,(H,19,23). The van der Waals surface area contributed by atoms with E-state index in [0.717, 1.165) is 5.69 Å². The van der Waals surface area contributed by atoms with Crippen molar-refractivity contribution >= 4 is 17.5 Å². The molecule has 1 aromatic heterocycles. The summed E-state index contributed by atoms with van der Waals surface area (Å²) in [5.41, 5.74) is 1.75. The zero-order chi connectivity index (χ0) is 17.0. The van der Waals surface area contributed by atoms with Gasteiger partial charge in [0.1, 0.15) is 5.15 Å². The number of nitrogens with zero attached hydrogens (tertiary/aromatic N) is 2. The number of hydrogen-bond acceptors (Lipinski definition) is 3. The van der Waals surface area contributed by atoms with Crippen LogP contribution in [0.15, 0.2) is 30.3 Å². The summed E-state index contributed by atoms with van der Waals surface area (Å²) >= 11 is 6.39. The number of aliphatic hydroxyl groups is 1. The van der Waals surface area contributed by atoms with Gasteiger partial charge in [-0.2, -0.15) is 5.10 Å². The highest BCUT2D eigenvalue weighted by Gasteiger charge is 2.24. The van der Waals surface area contributed by atoms with Gasteiger partial charge in [-0.05, 0) is 31.4 Å². The van der Waals surface area contributed by atoms with Crippen molar-refractivity contribution in [1.82, 2.24) is 15.1 Å². The Bertz CT molecular complexity index is 668. The number of para-hydroxylation sites is 1. The van der Waals surface area contributed by atoms with Crippen LogP contribution >= 0.6 is 11.6 Å². The number of aromatic nitrogens is 2. The van der Waals surface area contributed by atoms with Crippen molar-refractivity contribution in [1.29, 1.82) is 0 Å². The SMILES string of the molecule is Cc1nn(-c2ccccc2)c(Cl)c1C(=O)NC(CCO)C(C)C. The largest absolute Gasteiger partial charge is 0.396 e. The molecule has 6 heteroatoms. The summed E-state index contributed by atoms with van der Waals surface area (Å²) in [4.78, 5) is 12.6. The highest BCUT2D eigenvalue weighted by molar-refractivity contribution is 6.33. The van der Waals surface area contributed by atoms with Crippen LogP contribution in [0.4, 0.5) is 0 Å². The maximum absolute atomic E-state index is 12.6. The molecule has 0 aliphatic rings. The third kappa shape index (κ3) is 3.92. The van der Waals surface area contributed by atoms with Crippen LogP contribution < -0.4 is 5.32 Å². The lowest BCUT2D eigenvalue weighted by Crippen LogP contribution is -2.39. The maximum Gasteiger partial charge on any atom is 0.256 e. The Kier molecular flexibility index (Phi) is 5.80. The van der Waals surface area contributed by atoms with Gasteiger partial charge >= 0.3 is 0 Å². The summed E-state index contributed by atoms with van der Waals surface area (Å²) in [6.45, 7) is 5.79. The van der Waals surface area contributed by atoms with Gasteiger partial charge in [-0.1, -0.05) is 43.6 Å². The summed E-state index contributed by atoms with van der Waals surface area (Å²) in [5.74, 6) is -0.0452. The fourth-order valence-corrected chi connectivity index (χ4v) is 2.81. The zero-order valence-electron chi connectivity index (χ0n) is 13.6. The van der Waals surface area contributed by atoms with Gasteiger partial charge in [0, 0.05) is 12.6 Å². The number of nitrogens with one attached hydrogen (secondary N) is 1. The van der Waals surface area contributed by atoms with Crippen molar-refractivity contribution < 1.29 is 9.90 Å². The van der Waals surface area contributed by atoms with Crippen molar-refractivity contribution in [2.75, 3.05) is 6.61 Å². The van der Waals surface area contributed by atoms with Crippen molar-refractivity contribution in [2.45, 2.75) is 33.2 Å². The molecule has 0 saturated carbocycles. The van der Waals surface area contributed by atoms with E-state index in [4.69, 9.17) is 16.7 Å². The first-order valence-electron chi connectivity index (χ1n) is 7.68. The lowest BCUT2D eigenvalue weighted by atomic mass is 10.0. The number of halogens is 1. The summed E-state index contributed by atoms with van der Waals surface area (Å²) < 4.78 is 1.56. The molecule has 1 atom stereocenters. The first-order valence-corrected chi connectivity index (χ1v) is 8.05. The fourth-order valence-electron chi connectivity index (χ4n) is 2.45. The van der Waals surface area contributed by atoms with E-state index < -0.39 is 0 Å². The van der Waals surface area contributed by atoms with E-state index in [1.807, 2.05) is 44.2 Å². The van der Waals surface area contributed by atoms with Gasteiger partial charge in [0.25, 0.3) is 5.91 Å². The number of hydrogen-bond donors (Lipinski definition) is 2. The first-order chi connectivity index (χ1) is 11.0. The van der Waals surface area contributed by atoms with Gasteiger partial charge in [0.15, 0.2) is 0 Å². The number of aryl methyl sites for hydroxylation is 1. The average molecular weight is 336 g/mol. The molecule has 1 heterocycles. The number of carbonyl (C=O) groups excluding carboxylic acids is 1. The number of carbonyl (C=O) groups is 1. The predicted octanol–water partition coefficient (Wildman–Crippen LogP) is 2.97. The van der Waals surface area contributed by atoms with Gasteiger partial charge in [-0.15, -0.1) is 0 Å². The van der Waals surface area contributed by atoms with E-state index in [-0.39, 0.29) is 29.6 Å². The minimum atomic E-state index is -0.262. The van der Waals surface area contributed by atoms with Crippen LogP contribution in [0.2, 0.25) is 5.15 Å². The Morgan fingerprint density at radius 2 is 2.00 bits per heavy atom. The van der Waals surface area contributed by atoms with E-state index in [0.29, 0.717) is 17.7 Å². The number of benzene rings is 1. The predicted molar refractivity (Wildman–Crippen MR) is 91.1 cm³/mol. The van der Waals surface area contributed by atoms with Gasteiger partial charge in [0.05, 0.1) is 16.9 Å². The minimum absolute atomic E-state index is 0.0269. The molecule has 0 bridgehead atoms. The molecule has 1 unspecified atom stereocenters. The molecule has 5 nitrogen and oxygen atoms in total. The molecule has 0 aliphatic heterocycles. The van der Waals surface area contributed by atoms with Crippen molar-refractivity contribution in [3.63, 3.8) is 0 Å². The summed E-state index contributed by atoms with van der Waals surface area (Å²) in [7, 11) is 0. The number of amides is 1. The second kappa shape index (κ2) is 7.62. The summed E-state index contributed by atoms with van der Waals surface area (Å²) in [6, 6.07) is 9.33. The third-order valence-electron chi connectivity index (χ3n) is 3.79. The Balaban J connectivity index is 2.30. The molecule has 124 valence electrons. The monoisotopic (exact) mass is 335 g/mol. The number of aliphatic hydroxyl groups excluding tert-OH is 1. The summed E-state index contributed by atoms with van der Waals surface area (Å²) in [5, 5.41) is 16.7. The Morgan fingerprint density at radius 1 is 1.35 bits per heavy atom. The quantitative estimate of drug-likeness (QED) is 0.852.